The molecule has 1 aliphatic carbocycles. The van der Waals surface area contributed by atoms with Gasteiger partial charge in [-0.25, -0.2) is 0 Å². The summed E-state index contributed by atoms with van der Waals surface area (Å²) >= 11 is 0. The number of hydrogen-bond donors (Lipinski definition) is 2. The topological polar surface area (TPSA) is 96.0 Å². The summed E-state index contributed by atoms with van der Waals surface area (Å²) in [5.41, 5.74) is 4.09. The maximum atomic E-state index is 11.8. The van der Waals surface area contributed by atoms with Gasteiger partial charge >= 0.3 is 0 Å². The van der Waals surface area contributed by atoms with Crippen LogP contribution in [0.4, 0.5) is 0 Å². The van der Waals surface area contributed by atoms with Gasteiger partial charge in [-0.05, 0) is 12.8 Å². The first kappa shape index (κ1) is 12.5. The summed E-state index contributed by atoms with van der Waals surface area (Å²) < 4.78 is 0. The zero-order valence-corrected chi connectivity index (χ0v) is 9.29. The van der Waals surface area contributed by atoms with Crippen molar-refractivity contribution in [1.82, 2.24) is 5.32 Å². The third-order valence-electron chi connectivity index (χ3n) is 3.01. The fourth-order valence-electron chi connectivity index (χ4n) is 2.01. The quantitative estimate of drug-likeness (QED) is 0.724. The average molecular weight is 223 g/mol. The Morgan fingerprint density at radius 2 is 1.94 bits per heavy atom. The highest BCUT2D eigenvalue weighted by Gasteiger charge is 2.39. The number of nitrogens with zero attached hydrogens (tertiary/aromatic N) is 1. The number of rotatable bonds is 4. The van der Waals surface area contributed by atoms with Crippen LogP contribution in [0.3, 0.4) is 0 Å². The summed E-state index contributed by atoms with van der Waals surface area (Å²) in [6.45, 7) is 0.220. The molecule has 0 aromatic heterocycles. The second kappa shape index (κ2) is 5.50. The molecule has 0 aromatic rings. The van der Waals surface area contributed by atoms with Gasteiger partial charge in [0.2, 0.25) is 11.8 Å². The Morgan fingerprint density at radius 1 is 1.31 bits per heavy atom. The molecule has 1 rings (SSSR count). The van der Waals surface area contributed by atoms with Crippen molar-refractivity contribution in [2.24, 2.45) is 11.1 Å². The van der Waals surface area contributed by atoms with Crippen molar-refractivity contribution < 1.29 is 9.59 Å². The van der Waals surface area contributed by atoms with E-state index < -0.39 is 11.3 Å². The van der Waals surface area contributed by atoms with E-state index in [2.05, 4.69) is 11.4 Å². The second-order valence-corrected chi connectivity index (χ2v) is 4.23. The van der Waals surface area contributed by atoms with Crippen LogP contribution in [0.25, 0.3) is 0 Å². The third-order valence-corrected chi connectivity index (χ3v) is 3.01. The number of amides is 2. The van der Waals surface area contributed by atoms with E-state index in [1.807, 2.05) is 0 Å². The molecule has 3 N–H and O–H groups in total. The Balaban J connectivity index is 2.49. The van der Waals surface area contributed by atoms with Gasteiger partial charge in [-0.15, -0.1) is 0 Å². The molecule has 5 nitrogen and oxygen atoms in total. The van der Waals surface area contributed by atoms with Gasteiger partial charge in [0, 0.05) is 13.0 Å². The predicted octanol–water partition coefficient (Wildman–Crippen LogP) is 0.452. The van der Waals surface area contributed by atoms with E-state index in [1.54, 1.807) is 0 Å². The van der Waals surface area contributed by atoms with E-state index in [0.29, 0.717) is 12.8 Å². The lowest BCUT2D eigenvalue weighted by atomic mass is 9.74. The van der Waals surface area contributed by atoms with Gasteiger partial charge in [-0.3, -0.25) is 9.59 Å². The highest BCUT2D eigenvalue weighted by molar-refractivity contribution is 5.86. The zero-order chi connectivity index (χ0) is 12.0. The van der Waals surface area contributed by atoms with Gasteiger partial charge in [-0.2, -0.15) is 5.26 Å². The monoisotopic (exact) mass is 223 g/mol. The molecular weight excluding hydrogens is 206 g/mol. The molecule has 2 amide bonds. The maximum absolute atomic E-state index is 11.8. The fourth-order valence-corrected chi connectivity index (χ4v) is 2.01. The smallest absolute Gasteiger partial charge is 0.240 e. The number of nitrogens with two attached hydrogens (primary N) is 1. The lowest BCUT2D eigenvalue weighted by Gasteiger charge is -2.29. The van der Waals surface area contributed by atoms with Gasteiger partial charge in [0.05, 0.1) is 6.07 Å². The van der Waals surface area contributed by atoms with Crippen molar-refractivity contribution in [2.45, 2.75) is 38.5 Å². The SMILES string of the molecule is N#CC1(C(=O)NCCC(N)=O)CCCCC1. The van der Waals surface area contributed by atoms with Gasteiger partial charge in [0.15, 0.2) is 0 Å². The lowest BCUT2D eigenvalue weighted by molar-refractivity contribution is -0.129. The Hall–Kier alpha value is -1.57. The summed E-state index contributed by atoms with van der Waals surface area (Å²) in [4.78, 5) is 22.4. The van der Waals surface area contributed by atoms with Crippen LogP contribution in [0.2, 0.25) is 0 Å². The maximum Gasteiger partial charge on any atom is 0.240 e. The first-order chi connectivity index (χ1) is 7.60. The molecule has 1 saturated carbocycles. The van der Waals surface area contributed by atoms with Crippen molar-refractivity contribution >= 4 is 11.8 Å². The summed E-state index contributed by atoms with van der Waals surface area (Å²) in [7, 11) is 0. The highest BCUT2D eigenvalue weighted by atomic mass is 16.2. The number of carbonyl (C=O) groups is 2. The van der Waals surface area contributed by atoms with Crippen LogP contribution in [0.5, 0.6) is 0 Å². The normalized spacial score (nSPS) is 18.4. The summed E-state index contributed by atoms with van der Waals surface area (Å²) in [5, 5.41) is 11.7. The van der Waals surface area contributed by atoms with E-state index in [-0.39, 0.29) is 18.9 Å². The Kier molecular flexibility index (Phi) is 4.29. The molecule has 0 bridgehead atoms. The van der Waals surface area contributed by atoms with Crippen LogP contribution in [0, 0.1) is 16.7 Å². The molecule has 16 heavy (non-hydrogen) atoms. The molecule has 5 heteroatoms. The fraction of sp³-hybridized carbons (Fsp3) is 0.727. The number of nitrogens with one attached hydrogen (secondary N) is 1. The van der Waals surface area contributed by atoms with E-state index in [4.69, 9.17) is 11.0 Å². The predicted molar refractivity (Wildman–Crippen MR) is 58.0 cm³/mol. The standard InChI is InChI=1S/C11H17N3O2/c12-8-11(5-2-1-3-6-11)10(16)14-7-4-9(13)15/h1-7H2,(H2,13,15)(H,14,16). The number of primary amides is 1. The zero-order valence-electron chi connectivity index (χ0n) is 9.29. The molecule has 0 aromatic carbocycles. The molecule has 0 aliphatic heterocycles. The van der Waals surface area contributed by atoms with Gasteiger partial charge in [0.1, 0.15) is 5.41 Å². The molecule has 0 saturated heterocycles. The van der Waals surface area contributed by atoms with Crippen molar-refractivity contribution in [2.75, 3.05) is 6.54 Å². The minimum atomic E-state index is -0.879. The average Bonchev–Trinajstić information content (AvgIpc) is 2.29. The molecule has 0 spiro atoms. The van der Waals surface area contributed by atoms with Gasteiger partial charge in [0.25, 0.3) is 0 Å². The minimum absolute atomic E-state index is 0.118. The first-order valence-electron chi connectivity index (χ1n) is 5.58. The Labute approximate surface area is 95.0 Å². The van der Waals surface area contributed by atoms with Gasteiger partial charge in [-0.1, -0.05) is 19.3 Å². The van der Waals surface area contributed by atoms with Gasteiger partial charge < -0.3 is 11.1 Å². The lowest BCUT2D eigenvalue weighted by Crippen LogP contribution is -2.42. The van der Waals surface area contributed by atoms with Crippen molar-refractivity contribution in [3.63, 3.8) is 0 Å². The summed E-state index contributed by atoms with van der Waals surface area (Å²) in [6.07, 6.45) is 4.26. The number of hydrogen-bond acceptors (Lipinski definition) is 3. The summed E-state index contributed by atoms with van der Waals surface area (Å²) in [6, 6.07) is 2.13. The highest BCUT2D eigenvalue weighted by Crippen LogP contribution is 2.35. The van der Waals surface area contributed by atoms with Crippen LogP contribution < -0.4 is 11.1 Å². The molecule has 1 aliphatic rings. The molecule has 0 unspecified atom stereocenters. The number of carbonyl (C=O) groups excluding carboxylic acids is 2. The molecule has 0 heterocycles. The molecule has 0 atom stereocenters. The Morgan fingerprint density at radius 3 is 2.44 bits per heavy atom. The molecule has 1 fully saturated rings. The minimum Gasteiger partial charge on any atom is -0.370 e. The molecule has 88 valence electrons. The summed E-state index contributed by atoms with van der Waals surface area (Å²) in [5.74, 6) is -0.703. The van der Waals surface area contributed by atoms with E-state index in [1.165, 1.54) is 0 Å². The van der Waals surface area contributed by atoms with Crippen LogP contribution in [-0.2, 0) is 9.59 Å². The molecular formula is C11H17N3O2. The van der Waals surface area contributed by atoms with Crippen LogP contribution in [0.15, 0.2) is 0 Å². The second-order valence-electron chi connectivity index (χ2n) is 4.23. The van der Waals surface area contributed by atoms with E-state index in [0.717, 1.165) is 19.3 Å². The Bertz CT molecular complexity index is 314. The van der Waals surface area contributed by atoms with Crippen molar-refractivity contribution in [3.05, 3.63) is 0 Å². The van der Waals surface area contributed by atoms with Crippen LogP contribution in [-0.4, -0.2) is 18.4 Å². The number of nitriles is 1. The van der Waals surface area contributed by atoms with Crippen LogP contribution in [0.1, 0.15) is 38.5 Å². The van der Waals surface area contributed by atoms with E-state index >= 15 is 0 Å². The van der Waals surface area contributed by atoms with Crippen LogP contribution >= 0.6 is 0 Å². The first-order valence-corrected chi connectivity index (χ1v) is 5.58. The third kappa shape index (κ3) is 2.96. The van der Waals surface area contributed by atoms with E-state index in [9.17, 15) is 9.59 Å². The molecule has 0 radical (unpaired) electrons. The van der Waals surface area contributed by atoms with Crippen molar-refractivity contribution in [3.8, 4) is 6.07 Å². The largest absolute Gasteiger partial charge is 0.370 e. The van der Waals surface area contributed by atoms with Crippen molar-refractivity contribution in [1.29, 1.82) is 5.26 Å².